The molecule has 1 N–H and O–H groups in total. The summed E-state index contributed by atoms with van der Waals surface area (Å²) in [4.78, 5) is 13.5. The molecule has 0 aromatic rings. The molecule has 4 nitrogen and oxygen atoms in total. The highest BCUT2D eigenvalue weighted by molar-refractivity contribution is 5.69. The standard InChI is InChI=1S/C11H22N2O2/c1-2-15-11(14)5-3-8-13-9-4-6-12-7-10-13/h12H,2-10H2,1H3. The summed E-state index contributed by atoms with van der Waals surface area (Å²) in [6.07, 6.45) is 2.68. The average Bonchev–Trinajstić information content (AvgIpc) is 2.47. The maximum absolute atomic E-state index is 11.1. The Morgan fingerprint density at radius 3 is 3.07 bits per heavy atom. The number of esters is 1. The van der Waals surface area contributed by atoms with Crippen molar-refractivity contribution in [3.05, 3.63) is 0 Å². The van der Waals surface area contributed by atoms with Gasteiger partial charge < -0.3 is 15.0 Å². The Balaban J connectivity index is 2.05. The van der Waals surface area contributed by atoms with Crippen molar-refractivity contribution >= 4 is 5.97 Å². The molecule has 0 aromatic carbocycles. The van der Waals surface area contributed by atoms with Crippen molar-refractivity contribution in [3.63, 3.8) is 0 Å². The van der Waals surface area contributed by atoms with E-state index in [2.05, 4.69) is 10.2 Å². The molecule has 0 saturated carbocycles. The zero-order chi connectivity index (χ0) is 10.9. The summed E-state index contributed by atoms with van der Waals surface area (Å²) in [6.45, 7) is 7.79. The quantitative estimate of drug-likeness (QED) is 0.681. The SMILES string of the molecule is CCOC(=O)CCCN1CCCNCC1. The zero-order valence-electron chi connectivity index (χ0n) is 9.63. The summed E-state index contributed by atoms with van der Waals surface area (Å²) >= 11 is 0. The van der Waals surface area contributed by atoms with Gasteiger partial charge in [0, 0.05) is 19.5 Å². The fourth-order valence-electron chi connectivity index (χ4n) is 1.81. The highest BCUT2D eigenvalue weighted by Gasteiger charge is 2.09. The van der Waals surface area contributed by atoms with Crippen molar-refractivity contribution < 1.29 is 9.53 Å². The second-order valence-corrected chi connectivity index (χ2v) is 3.85. The van der Waals surface area contributed by atoms with Crippen LogP contribution in [0.15, 0.2) is 0 Å². The van der Waals surface area contributed by atoms with Gasteiger partial charge >= 0.3 is 5.97 Å². The lowest BCUT2D eigenvalue weighted by Gasteiger charge is -2.18. The average molecular weight is 214 g/mol. The summed E-state index contributed by atoms with van der Waals surface area (Å²) in [7, 11) is 0. The third-order valence-electron chi connectivity index (χ3n) is 2.59. The number of hydrogen-bond donors (Lipinski definition) is 1. The molecule has 1 rings (SSSR count). The Labute approximate surface area is 92.0 Å². The van der Waals surface area contributed by atoms with E-state index in [1.807, 2.05) is 6.92 Å². The van der Waals surface area contributed by atoms with Crippen molar-refractivity contribution in [2.75, 3.05) is 39.3 Å². The van der Waals surface area contributed by atoms with Gasteiger partial charge in [0.15, 0.2) is 0 Å². The summed E-state index contributed by atoms with van der Waals surface area (Å²) in [5.74, 6) is -0.0644. The van der Waals surface area contributed by atoms with Crippen molar-refractivity contribution in [3.8, 4) is 0 Å². The summed E-state index contributed by atoms with van der Waals surface area (Å²) in [5.41, 5.74) is 0. The first-order valence-corrected chi connectivity index (χ1v) is 5.91. The van der Waals surface area contributed by atoms with Crippen LogP contribution < -0.4 is 5.32 Å². The van der Waals surface area contributed by atoms with Crippen molar-refractivity contribution in [1.82, 2.24) is 10.2 Å². The maximum atomic E-state index is 11.1. The minimum atomic E-state index is -0.0644. The van der Waals surface area contributed by atoms with Gasteiger partial charge in [0.25, 0.3) is 0 Å². The Morgan fingerprint density at radius 2 is 2.27 bits per heavy atom. The van der Waals surface area contributed by atoms with E-state index < -0.39 is 0 Å². The molecule has 0 aromatic heterocycles. The topological polar surface area (TPSA) is 41.6 Å². The fraction of sp³-hybridized carbons (Fsp3) is 0.909. The maximum Gasteiger partial charge on any atom is 0.305 e. The van der Waals surface area contributed by atoms with Crippen LogP contribution in [0.1, 0.15) is 26.2 Å². The van der Waals surface area contributed by atoms with Crippen LogP contribution in [0.4, 0.5) is 0 Å². The number of carbonyl (C=O) groups excluding carboxylic acids is 1. The first kappa shape index (κ1) is 12.5. The Bertz CT molecular complexity index is 177. The van der Waals surface area contributed by atoms with E-state index in [9.17, 15) is 4.79 Å². The summed E-state index contributed by atoms with van der Waals surface area (Å²) in [5, 5.41) is 3.36. The van der Waals surface area contributed by atoms with Gasteiger partial charge in [-0.05, 0) is 39.4 Å². The van der Waals surface area contributed by atoms with Gasteiger partial charge in [-0.1, -0.05) is 0 Å². The largest absolute Gasteiger partial charge is 0.466 e. The minimum absolute atomic E-state index is 0.0644. The molecule has 4 heteroatoms. The fourth-order valence-corrected chi connectivity index (χ4v) is 1.81. The molecule has 1 fully saturated rings. The van der Waals surface area contributed by atoms with E-state index in [-0.39, 0.29) is 5.97 Å². The van der Waals surface area contributed by atoms with E-state index in [0.717, 1.165) is 39.1 Å². The van der Waals surface area contributed by atoms with Gasteiger partial charge in [-0.2, -0.15) is 0 Å². The number of ether oxygens (including phenoxy) is 1. The Hall–Kier alpha value is -0.610. The lowest BCUT2D eigenvalue weighted by molar-refractivity contribution is -0.143. The van der Waals surface area contributed by atoms with E-state index >= 15 is 0 Å². The van der Waals surface area contributed by atoms with Crippen LogP contribution in [0.3, 0.4) is 0 Å². The normalized spacial score (nSPS) is 18.5. The lowest BCUT2D eigenvalue weighted by atomic mass is 10.3. The molecule has 1 aliphatic rings. The molecule has 15 heavy (non-hydrogen) atoms. The van der Waals surface area contributed by atoms with Crippen LogP contribution in [0.5, 0.6) is 0 Å². The number of hydrogen-bond acceptors (Lipinski definition) is 4. The molecular weight excluding hydrogens is 192 g/mol. The van der Waals surface area contributed by atoms with E-state index in [0.29, 0.717) is 13.0 Å². The summed E-state index contributed by atoms with van der Waals surface area (Å²) < 4.78 is 4.89. The van der Waals surface area contributed by atoms with Crippen LogP contribution in [0.25, 0.3) is 0 Å². The number of rotatable bonds is 5. The zero-order valence-corrected chi connectivity index (χ0v) is 9.63. The molecule has 0 bridgehead atoms. The molecule has 0 spiro atoms. The first-order chi connectivity index (χ1) is 7.33. The van der Waals surface area contributed by atoms with Gasteiger partial charge in [-0.25, -0.2) is 0 Å². The van der Waals surface area contributed by atoms with Gasteiger partial charge in [-0.3, -0.25) is 4.79 Å². The molecule has 1 aliphatic heterocycles. The molecule has 0 aliphatic carbocycles. The summed E-state index contributed by atoms with van der Waals surface area (Å²) in [6, 6.07) is 0. The van der Waals surface area contributed by atoms with Gasteiger partial charge in [0.05, 0.1) is 6.61 Å². The number of nitrogens with one attached hydrogen (secondary N) is 1. The van der Waals surface area contributed by atoms with Crippen LogP contribution in [0.2, 0.25) is 0 Å². The van der Waals surface area contributed by atoms with Gasteiger partial charge in [0.1, 0.15) is 0 Å². The smallest absolute Gasteiger partial charge is 0.305 e. The van der Waals surface area contributed by atoms with E-state index in [4.69, 9.17) is 4.74 Å². The molecule has 1 heterocycles. The Morgan fingerprint density at radius 1 is 1.40 bits per heavy atom. The van der Waals surface area contributed by atoms with Crippen LogP contribution in [0, 0.1) is 0 Å². The highest BCUT2D eigenvalue weighted by atomic mass is 16.5. The molecule has 88 valence electrons. The van der Waals surface area contributed by atoms with Gasteiger partial charge in [0.2, 0.25) is 0 Å². The second-order valence-electron chi connectivity index (χ2n) is 3.85. The minimum Gasteiger partial charge on any atom is -0.466 e. The van der Waals surface area contributed by atoms with Gasteiger partial charge in [-0.15, -0.1) is 0 Å². The molecule has 1 saturated heterocycles. The number of carbonyl (C=O) groups is 1. The first-order valence-electron chi connectivity index (χ1n) is 5.91. The van der Waals surface area contributed by atoms with Crippen LogP contribution in [-0.2, 0) is 9.53 Å². The third-order valence-corrected chi connectivity index (χ3v) is 2.59. The van der Waals surface area contributed by atoms with E-state index in [1.165, 1.54) is 6.42 Å². The van der Waals surface area contributed by atoms with E-state index in [1.54, 1.807) is 0 Å². The van der Waals surface area contributed by atoms with Crippen molar-refractivity contribution in [2.45, 2.75) is 26.2 Å². The van der Waals surface area contributed by atoms with Crippen LogP contribution in [-0.4, -0.2) is 50.2 Å². The molecule has 0 unspecified atom stereocenters. The van der Waals surface area contributed by atoms with Crippen molar-refractivity contribution in [2.24, 2.45) is 0 Å². The molecule has 0 amide bonds. The Kier molecular flexibility index (Phi) is 6.36. The third kappa shape index (κ3) is 5.74. The second kappa shape index (κ2) is 7.65. The van der Waals surface area contributed by atoms with Crippen molar-refractivity contribution in [1.29, 1.82) is 0 Å². The molecule has 0 radical (unpaired) electrons. The lowest BCUT2D eigenvalue weighted by Crippen LogP contribution is -2.29. The number of nitrogens with zero attached hydrogens (tertiary/aromatic N) is 1. The molecule has 0 atom stereocenters. The molecular formula is C11H22N2O2. The monoisotopic (exact) mass is 214 g/mol. The predicted octanol–water partition coefficient (Wildman–Crippen LogP) is 0.625. The van der Waals surface area contributed by atoms with Crippen LogP contribution >= 0.6 is 0 Å². The predicted molar refractivity (Wildman–Crippen MR) is 59.8 cm³/mol. The highest BCUT2D eigenvalue weighted by Crippen LogP contribution is 2.00.